The van der Waals surface area contributed by atoms with Crippen molar-refractivity contribution >= 4 is 43.4 Å². The first-order chi connectivity index (χ1) is 38.2. The second-order valence-corrected chi connectivity index (χ2v) is 22.1. The number of fused-ring (bicyclic) bond motifs is 9. The molecule has 13 rings (SSSR count). The van der Waals surface area contributed by atoms with Crippen LogP contribution in [-0.4, -0.2) is 9.55 Å². The quantitative estimate of drug-likeness (QED) is 0.0958. The average molecular weight is 1060 g/mol. The van der Waals surface area contributed by atoms with Crippen molar-refractivity contribution in [2.24, 2.45) is 0 Å². The molecule has 0 amide bonds. The second kappa shape index (κ2) is 23.4. The van der Waals surface area contributed by atoms with Crippen LogP contribution in [0.15, 0.2) is 194 Å². The van der Waals surface area contributed by atoms with Crippen molar-refractivity contribution in [1.82, 2.24) is 9.55 Å². The first-order valence-corrected chi connectivity index (χ1v) is 27.2. The van der Waals surface area contributed by atoms with Gasteiger partial charge in [-0.3, -0.25) is 4.98 Å². The Morgan fingerprint density at radius 1 is 0.338 bits per heavy atom. The highest BCUT2D eigenvalue weighted by Crippen LogP contribution is 2.49. The zero-order chi connectivity index (χ0) is 57.2. The number of pyridine rings is 1. The van der Waals surface area contributed by atoms with Gasteiger partial charge in [-0.15, -0.1) is 0 Å². The van der Waals surface area contributed by atoms with Gasteiger partial charge < -0.3 is 4.57 Å². The summed E-state index contributed by atoms with van der Waals surface area (Å²) in [5, 5.41) is 8.01. The fourth-order valence-electron chi connectivity index (χ4n) is 10.9. The van der Waals surface area contributed by atoms with E-state index in [1.54, 1.807) is 0 Å². The lowest BCUT2D eigenvalue weighted by molar-refractivity contribution is 0.436. The maximum absolute atomic E-state index is 12.7. The molecule has 10 aromatic carbocycles. The highest BCUT2D eigenvalue weighted by atomic mass is 19.2. The van der Waals surface area contributed by atoms with Gasteiger partial charge in [0, 0.05) is 45.4 Å². The summed E-state index contributed by atoms with van der Waals surface area (Å²) in [6, 6.07) is 66.0. The van der Waals surface area contributed by atoms with E-state index in [1.165, 1.54) is 127 Å². The fourth-order valence-corrected chi connectivity index (χ4v) is 10.9. The third-order valence-electron chi connectivity index (χ3n) is 15.2. The van der Waals surface area contributed by atoms with Crippen LogP contribution in [-0.2, 0) is 5.41 Å². The fraction of sp³-hybridized carbons (Fsp3) is 0.176. The van der Waals surface area contributed by atoms with Crippen LogP contribution in [0, 0.1) is 92.5 Å². The van der Waals surface area contributed by atoms with E-state index in [0.29, 0.717) is 0 Å². The molecule has 0 N–H and O–H groups in total. The van der Waals surface area contributed by atoms with Gasteiger partial charge in [0.25, 0.3) is 0 Å². The molecule has 0 fully saturated rings. The zero-order valence-electron chi connectivity index (χ0n) is 47.9. The van der Waals surface area contributed by atoms with E-state index in [1.807, 2.05) is 24.5 Å². The van der Waals surface area contributed by atoms with Crippen LogP contribution < -0.4 is 0 Å². The molecule has 2 aromatic heterocycles. The van der Waals surface area contributed by atoms with Crippen molar-refractivity contribution in [1.29, 1.82) is 0 Å². The molecule has 0 aliphatic heterocycles. The first-order valence-electron chi connectivity index (χ1n) is 27.2. The summed E-state index contributed by atoms with van der Waals surface area (Å²) in [6.45, 7) is 23.8. The Bertz CT molecular complexity index is 4010. The standard InChI is InChI=1S/C20H17N.C17H18.C16H14.C13H13N.C8H6F4/c1-14-9-11-19-18(12-14)17-10-8-15(2)13-20(17)21(19)16-6-4-3-5-7-16;1-11-5-7-13-14-8-6-12(2)10-16(14)17(3,4)15(13)9-11;1-11-3-7-15-13(9-11)5-6-14-10-12(2)4-8-16(14)15;1-10-7-11(2)9-13(8-10)12-3-5-14-6-4-12;1-3-5(9)7(11)4(2)8(12)6(3)10/h3-13H,1-2H3;5-10H,1-4H3;3-10H,1-2H3;3-9H,1-2H3;1-2H3. The molecule has 0 radical (unpaired) electrons. The van der Waals surface area contributed by atoms with Gasteiger partial charge in [0.1, 0.15) is 0 Å². The summed E-state index contributed by atoms with van der Waals surface area (Å²) >= 11 is 0. The lowest BCUT2D eigenvalue weighted by Crippen LogP contribution is -2.15. The van der Waals surface area contributed by atoms with Crippen LogP contribution in [0.4, 0.5) is 17.6 Å². The molecular formula is C74H68F4N2. The molecule has 0 unspecified atom stereocenters. The molecule has 2 nitrogen and oxygen atoms in total. The molecule has 0 spiro atoms. The van der Waals surface area contributed by atoms with E-state index in [-0.39, 0.29) is 5.41 Å². The summed E-state index contributed by atoms with van der Waals surface area (Å²) < 4.78 is 53.0. The predicted molar refractivity (Wildman–Crippen MR) is 330 cm³/mol. The maximum atomic E-state index is 12.7. The third kappa shape index (κ3) is 11.7. The number of hydrogen-bond acceptors (Lipinski definition) is 1. The van der Waals surface area contributed by atoms with Crippen LogP contribution in [0.3, 0.4) is 0 Å². The minimum Gasteiger partial charge on any atom is -0.309 e. The molecule has 0 atom stereocenters. The Labute approximate surface area is 469 Å². The summed E-state index contributed by atoms with van der Waals surface area (Å²) in [5.74, 6) is -5.31. The number of para-hydroxylation sites is 1. The molecule has 1 aliphatic rings. The lowest BCUT2D eigenvalue weighted by atomic mass is 9.81. The summed E-state index contributed by atoms with van der Waals surface area (Å²) in [6.07, 6.45) is 3.65. The summed E-state index contributed by atoms with van der Waals surface area (Å²) in [5.41, 5.74) is 21.4. The molecule has 1 aliphatic carbocycles. The van der Waals surface area contributed by atoms with E-state index >= 15 is 0 Å². The molecular weight excluding hydrogens is 993 g/mol. The Morgan fingerprint density at radius 3 is 1.26 bits per heavy atom. The maximum Gasteiger partial charge on any atom is 0.165 e. The summed E-state index contributed by atoms with van der Waals surface area (Å²) in [4.78, 5) is 4.02. The first kappa shape index (κ1) is 56.1. The Balaban J connectivity index is 0.000000123. The molecule has 402 valence electrons. The van der Waals surface area contributed by atoms with E-state index in [9.17, 15) is 17.6 Å². The highest BCUT2D eigenvalue weighted by molar-refractivity contribution is 6.10. The van der Waals surface area contributed by atoms with Gasteiger partial charge in [-0.1, -0.05) is 192 Å². The van der Waals surface area contributed by atoms with Crippen molar-refractivity contribution in [3.8, 4) is 27.9 Å². The normalized spacial score (nSPS) is 11.8. The van der Waals surface area contributed by atoms with E-state index in [0.717, 1.165) is 13.8 Å². The van der Waals surface area contributed by atoms with Gasteiger partial charge in [0.05, 0.1) is 11.0 Å². The van der Waals surface area contributed by atoms with E-state index in [4.69, 9.17) is 0 Å². The highest BCUT2D eigenvalue weighted by Gasteiger charge is 2.35. The van der Waals surface area contributed by atoms with Crippen molar-refractivity contribution in [3.63, 3.8) is 0 Å². The molecule has 6 heteroatoms. The lowest BCUT2D eigenvalue weighted by Gasteiger charge is -2.22. The number of nitrogens with zero attached hydrogens (tertiary/aromatic N) is 2. The predicted octanol–water partition coefficient (Wildman–Crippen LogP) is 20.8. The molecule has 0 saturated heterocycles. The number of benzene rings is 10. The van der Waals surface area contributed by atoms with Crippen LogP contribution in [0.5, 0.6) is 0 Å². The van der Waals surface area contributed by atoms with Crippen LogP contribution in [0.2, 0.25) is 0 Å². The van der Waals surface area contributed by atoms with Gasteiger partial charge in [-0.2, -0.15) is 0 Å². The molecule has 0 saturated carbocycles. The Morgan fingerprint density at radius 2 is 0.762 bits per heavy atom. The zero-order valence-corrected chi connectivity index (χ0v) is 47.9. The molecule has 80 heavy (non-hydrogen) atoms. The van der Waals surface area contributed by atoms with Crippen molar-refractivity contribution in [2.45, 2.75) is 88.5 Å². The minimum absolute atomic E-state index is 0.142. The van der Waals surface area contributed by atoms with Crippen molar-refractivity contribution in [3.05, 3.63) is 284 Å². The topological polar surface area (TPSA) is 17.8 Å². The van der Waals surface area contributed by atoms with Crippen LogP contribution in [0.1, 0.15) is 80.6 Å². The van der Waals surface area contributed by atoms with Gasteiger partial charge in [0.2, 0.25) is 0 Å². The monoisotopic (exact) mass is 1060 g/mol. The summed E-state index contributed by atoms with van der Waals surface area (Å²) in [7, 11) is 0. The van der Waals surface area contributed by atoms with Crippen LogP contribution >= 0.6 is 0 Å². The molecule has 2 heterocycles. The average Bonchev–Trinajstić information content (AvgIpc) is 3.88. The van der Waals surface area contributed by atoms with Crippen molar-refractivity contribution in [2.75, 3.05) is 0 Å². The smallest absolute Gasteiger partial charge is 0.165 e. The van der Waals surface area contributed by atoms with E-state index in [2.05, 4.69) is 249 Å². The van der Waals surface area contributed by atoms with E-state index < -0.39 is 34.4 Å². The number of hydrogen-bond donors (Lipinski definition) is 0. The van der Waals surface area contributed by atoms with Gasteiger partial charge in [-0.25, -0.2) is 17.6 Å². The minimum atomic E-state index is -1.33. The number of aromatic nitrogens is 2. The molecule has 12 aromatic rings. The van der Waals surface area contributed by atoms with Gasteiger partial charge in [0.15, 0.2) is 23.3 Å². The van der Waals surface area contributed by atoms with Gasteiger partial charge in [-0.05, 0) is 172 Å². The Hall–Kier alpha value is -8.61. The second-order valence-electron chi connectivity index (χ2n) is 22.1. The number of rotatable bonds is 2. The Kier molecular flexibility index (Phi) is 16.4. The largest absolute Gasteiger partial charge is 0.309 e. The SMILES string of the molecule is Cc1c(F)c(F)c(C)c(F)c1F.Cc1cc(C)cc(-c2ccncc2)c1.Cc1ccc2c(c1)C(C)(C)c1cc(C)ccc1-2.Cc1ccc2c(c1)c1ccc(C)cc1n2-c1ccccc1.Cc1ccc2c(ccc3cc(C)ccc32)c1. The van der Waals surface area contributed by atoms with Gasteiger partial charge >= 0.3 is 0 Å². The van der Waals surface area contributed by atoms with Crippen LogP contribution in [0.25, 0.3) is 71.3 Å². The van der Waals surface area contributed by atoms with Crippen molar-refractivity contribution < 1.29 is 17.6 Å². The third-order valence-corrected chi connectivity index (χ3v) is 15.2. The number of halogens is 4. The number of aryl methyl sites for hydroxylation is 8. The molecule has 0 bridgehead atoms.